The monoisotopic (exact) mass is 444 g/mol. The Morgan fingerprint density at radius 3 is 2.15 bits per heavy atom. The van der Waals surface area contributed by atoms with Gasteiger partial charge < -0.3 is 26.6 Å². The summed E-state index contributed by atoms with van der Waals surface area (Å²) in [6.07, 6.45) is -0.165. The lowest BCUT2D eigenvalue weighted by atomic mass is 10.1. The summed E-state index contributed by atoms with van der Waals surface area (Å²) in [7, 11) is 0. The number of nitrogens with one attached hydrogen (secondary N) is 2. The standard InChI is InChI=1S/C25H24N4O4/c26-20(9-10-23(31)32)25(33)28-17-12-15(14-30)11-16(13-17)27-24-18-5-1-3-7-21(18)29-22-8-4-2-6-19(22)24/h1-8,11-13,20,30H,9-10,14,26H2,(H,27,29)(H,28,33)(H,31,32)/t20-/m0/s1. The zero-order chi connectivity index (χ0) is 23.4. The van der Waals surface area contributed by atoms with Crippen LogP contribution in [0.15, 0.2) is 66.7 Å². The van der Waals surface area contributed by atoms with Gasteiger partial charge in [-0.2, -0.15) is 0 Å². The van der Waals surface area contributed by atoms with E-state index in [1.54, 1.807) is 18.2 Å². The average Bonchev–Trinajstić information content (AvgIpc) is 2.82. The van der Waals surface area contributed by atoms with Gasteiger partial charge in [-0.3, -0.25) is 9.59 Å². The minimum atomic E-state index is -1.01. The first-order chi connectivity index (χ1) is 15.9. The Bertz CT molecular complexity index is 1280. The third kappa shape index (κ3) is 5.08. The van der Waals surface area contributed by atoms with Crippen LogP contribution in [-0.2, 0) is 16.2 Å². The molecule has 0 aliphatic rings. The summed E-state index contributed by atoms with van der Waals surface area (Å²) >= 11 is 0. The van der Waals surface area contributed by atoms with Crippen molar-refractivity contribution in [2.45, 2.75) is 25.5 Å². The number of amides is 1. The van der Waals surface area contributed by atoms with Gasteiger partial charge in [0.25, 0.3) is 0 Å². The molecule has 1 atom stereocenters. The maximum atomic E-state index is 12.4. The quantitative estimate of drug-likeness (QED) is 0.261. The fourth-order valence-electron chi connectivity index (χ4n) is 3.69. The Morgan fingerprint density at radius 1 is 0.939 bits per heavy atom. The van der Waals surface area contributed by atoms with E-state index in [0.717, 1.165) is 27.5 Å². The SMILES string of the molecule is N[C@@H](CCC(=O)O)C(=O)Nc1cc(CO)cc(Nc2c3ccccc3nc3ccccc23)c1. The van der Waals surface area contributed by atoms with E-state index >= 15 is 0 Å². The van der Waals surface area contributed by atoms with Crippen LogP contribution in [0.3, 0.4) is 0 Å². The molecule has 0 spiro atoms. The molecule has 0 saturated heterocycles. The molecule has 4 rings (SSSR count). The van der Waals surface area contributed by atoms with Crippen LogP contribution >= 0.6 is 0 Å². The van der Waals surface area contributed by atoms with Gasteiger partial charge in [-0.1, -0.05) is 36.4 Å². The molecule has 0 radical (unpaired) electrons. The van der Waals surface area contributed by atoms with Crippen LogP contribution in [0.5, 0.6) is 0 Å². The van der Waals surface area contributed by atoms with Gasteiger partial charge in [0.1, 0.15) is 0 Å². The van der Waals surface area contributed by atoms with Crippen LogP contribution < -0.4 is 16.4 Å². The highest BCUT2D eigenvalue weighted by atomic mass is 16.4. The number of rotatable bonds is 8. The molecule has 0 unspecified atom stereocenters. The number of hydrogen-bond acceptors (Lipinski definition) is 6. The summed E-state index contributed by atoms with van der Waals surface area (Å²) in [6, 6.07) is 19.8. The second-order valence-electron chi connectivity index (χ2n) is 7.75. The summed E-state index contributed by atoms with van der Waals surface area (Å²) in [5.41, 5.74) is 10.1. The van der Waals surface area contributed by atoms with Crippen LogP contribution in [0.25, 0.3) is 21.8 Å². The third-order valence-corrected chi connectivity index (χ3v) is 5.31. The zero-order valence-corrected chi connectivity index (χ0v) is 17.8. The number of carbonyl (C=O) groups is 2. The summed E-state index contributed by atoms with van der Waals surface area (Å²) in [4.78, 5) is 27.9. The second-order valence-corrected chi connectivity index (χ2v) is 7.75. The number of aromatic nitrogens is 1. The Morgan fingerprint density at radius 2 is 1.55 bits per heavy atom. The van der Waals surface area contributed by atoms with Crippen molar-refractivity contribution in [3.8, 4) is 0 Å². The molecule has 8 heteroatoms. The van der Waals surface area contributed by atoms with Gasteiger partial charge in [0.15, 0.2) is 0 Å². The van der Waals surface area contributed by atoms with Gasteiger partial charge in [0.2, 0.25) is 5.91 Å². The number of aliphatic hydroxyl groups excluding tert-OH is 1. The fourth-order valence-corrected chi connectivity index (χ4v) is 3.69. The number of aliphatic hydroxyl groups is 1. The molecule has 0 saturated carbocycles. The molecule has 1 aromatic heterocycles. The van der Waals surface area contributed by atoms with Crippen molar-refractivity contribution >= 4 is 50.7 Å². The Kier molecular flexibility index (Phi) is 6.48. The van der Waals surface area contributed by atoms with Gasteiger partial charge in [-0.05, 0) is 42.3 Å². The van der Waals surface area contributed by atoms with Crippen molar-refractivity contribution in [2.24, 2.45) is 5.73 Å². The highest BCUT2D eigenvalue weighted by Gasteiger charge is 2.16. The first-order valence-electron chi connectivity index (χ1n) is 10.5. The molecule has 0 bridgehead atoms. The summed E-state index contributed by atoms with van der Waals surface area (Å²) < 4.78 is 0. The van der Waals surface area contributed by atoms with E-state index < -0.39 is 17.9 Å². The van der Waals surface area contributed by atoms with Crippen LogP contribution in [0, 0.1) is 0 Å². The van der Waals surface area contributed by atoms with Crippen molar-refractivity contribution in [1.82, 2.24) is 4.98 Å². The Hall–Kier alpha value is -4.01. The number of carboxylic acid groups (broad SMARTS) is 1. The number of nitrogens with two attached hydrogens (primary N) is 1. The molecule has 8 nitrogen and oxygen atoms in total. The summed E-state index contributed by atoms with van der Waals surface area (Å²) in [5.74, 6) is -1.50. The predicted molar refractivity (Wildman–Crippen MR) is 128 cm³/mol. The average molecular weight is 444 g/mol. The zero-order valence-electron chi connectivity index (χ0n) is 17.8. The molecular formula is C25H24N4O4. The van der Waals surface area contributed by atoms with Gasteiger partial charge in [-0.25, -0.2) is 4.98 Å². The maximum absolute atomic E-state index is 12.4. The van der Waals surface area contributed by atoms with E-state index in [-0.39, 0.29) is 19.4 Å². The smallest absolute Gasteiger partial charge is 0.303 e. The second kappa shape index (κ2) is 9.64. The number of aliphatic carboxylic acids is 1. The molecule has 1 heterocycles. The number of pyridine rings is 1. The molecule has 6 N–H and O–H groups in total. The molecule has 0 aliphatic carbocycles. The first-order valence-corrected chi connectivity index (χ1v) is 10.5. The van der Waals surface area contributed by atoms with E-state index in [1.807, 2.05) is 48.5 Å². The van der Waals surface area contributed by atoms with E-state index in [2.05, 4.69) is 10.6 Å². The van der Waals surface area contributed by atoms with Crippen LogP contribution in [0.1, 0.15) is 18.4 Å². The highest BCUT2D eigenvalue weighted by molar-refractivity contribution is 6.08. The van der Waals surface area contributed by atoms with Crippen LogP contribution in [-0.4, -0.2) is 33.1 Å². The minimum Gasteiger partial charge on any atom is -0.481 e. The largest absolute Gasteiger partial charge is 0.481 e. The number of hydrogen-bond donors (Lipinski definition) is 5. The highest BCUT2D eigenvalue weighted by Crippen LogP contribution is 2.34. The lowest BCUT2D eigenvalue weighted by Gasteiger charge is -2.16. The number of carbonyl (C=O) groups excluding carboxylic acids is 1. The molecule has 33 heavy (non-hydrogen) atoms. The molecule has 168 valence electrons. The number of nitrogens with zero attached hydrogens (tertiary/aromatic N) is 1. The van der Waals surface area contributed by atoms with Crippen LogP contribution in [0.4, 0.5) is 17.1 Å². The molecule has 4 aromatic rings. The molecule has 0 fully saturated rings. The van der Waals surface area contributed by atoms with Crippen LogP contribution in [0.2, 0.25) is 0 Å². The maximum Gasteiger partial charge on any atom is 0.303 e. The Balaban J connectivity index is 1.68. The normalized spacial score (nSPS) is 11.9. The molecule has 0 aliphatic heterocycles. The minimum absolute atomic E-state index is 0.0287. The van der Waals surface area contributed by atoms with E-state index in [1.165, 1.54) is 0 Å². The number of fused-ring (bicyclic) bond motifs is 2. The predicted octanol–water partition coefficient (Wildman–Crippen LogP) is 3.75. The number of anilines is 3. The molecule has 1 amide bonds. The number of para-hydroxylation sites is 2. The molecular weight excluding hydrogens is 420 g/mol. The lowest BCUT2D eigenvalue weighted by Crippen LogP contribution is -2.36. The van der Waals surface area contributed by atoms with Crippen molar-refractivity contribution < 1.29 is 19.8 Å². The van der Waals surface area contributed by atoms with Crippen molar-refractivity contribution in [3.63, 3.8) is 0 Å². The number of benzene rings is 3. The molecule has 3 aromatic carbocycles. The van der Waals surface area contributed by atoms with Gasteiger partial charge in [0, 0.05) is 28.6 Å². The lowest BCUT2D eigenvalue weighted by molar-refractivity contribution is -0.137. The summed E-state index contributed by atoms with van der Waals surface area (Å²) in [5, 5.41) is 26.6. The first kappa shape index (κ1) is 22.2. The van der Waals surface area contributed by atoms with E-state index in [0.29, 0.717) is 16.9 Å². The van der Waals surface area contributed by atoms with Crippen molar-refractivity contribution in [2.75, 3.05) is 10.6 Å². The van der Waals surface area contributed by atoms with E-state index in [9.17, 15) is 14.7 Å². The topological polar surface area (TPSA) is 138 Å². The fraction of sp³-hybridized carbons (Fsp3) is 0.160. The third-order valence-electron chi connectivity index (χ3n) is 5.31. The van der Waals surface area contributed by atoms with Crippen molar-refractivity contribution in [1.29, 1.82) is 0 Å². The van der Waals surface area contributed by atoms with Gasteiger partial charge in [0.05, 0.1) is 29.4 Å². The summed E-state index contributed by atoms with van der Waals surface area (Å²) in [6.45, 7) is -0.221. The van der Waals surface area contributed by atoms with E-state index in [4.69, 9.17) is 15.8 Å². The van der Waals surface area contributed by atoms with Crippen molar-refractivity contribution in [3.05, 3.63) is 72.3 Å². The van der Waals surface area contributed by atoms with Gasteiger partial charge in [-0.15, -0.1) is 0 Å². The Labute approximate surface area is 190 Å². The van der Waals surface area contributed by atoms with Gasteiger partial charge >= 0.3 is 5.97 Å². The number of carboxylic acids is 1.